The van der Waals surface area contributed by atoms with E-state index in [0.717, 1.165) is 48.2 Å². The fourth-order valence-electron chi connectivity index (χ4n) is 4.27. The van der Waals surface area contributed by atoms with Crippen LogP contribution in [0.5, 0.6) is 0 Å². The number of nitrogens with zero attached hydrogens (tertiary/aromatic N) is 4. The minimum absolute atomic E-state index is 0.704. The number of anilines is 1. The predicted octanol–water partition coefficient (Wildman–Crippen LogP) is 4.27. The molecule has 1 aliphatic heterocycles. The maximum Gasteiger partial charge on any atom is 0.157 e. The van der Waals surface area contributed by atoms with E-state index >= 15 is 0 Å². The maximum absolute atomic E-state index is 9.77. The molecule has 4 heteroatoms. The molecular weight excluding hydrogens is 332 g/mol. The molecule has 3 heterocycles. The monoisotopic (exact) mass is 352 g/mol. The summed E-state index contributed by atoms with van der Waals surface area (Å²) in [5.74, 6) is 1.21. The van der Waals surface area contributed by atoms with E-state index in [1.54, 1.807) is 0 Å². The van der Waals surface area contributed by atoms with Crippen molar-refractivity contribution in [3.05, 3.63) is 76.9 Å². The first-order valence-electron chi connectivity index (χ1n) is 9.39. The first-order chi connectivity index (χ1) is 13.3. The van der Waals surface area contributed by atoms with Gasteiger partial charge in [0.15, 0.2) is 5.65 Å². The normalized spacial score (nSPS) is 13.3. The minimum atomic E-state index is 0.704. The molecule has 1 aliphatic rings. The van der Waals surface area contributed by atoms with Crippen molar-refractivity contribution in [2.75, 3.05) is 18.0 Å². The van der Waals surface area contributed by atoms with E-state index in [1.165, 1.54) is 16.9 Å². The Kier molecular flexibility index (Phi) is 3.61. The first kappa shape index (κ1) is 15.9. The van der Waals surface area contributed by atoms with Gasteiger partial charge in [0.05, 0.1) is 16.6 Å². The van der Waals surface area contributed by atoms with Crippen LogP contribution in [0.2, 0.25) is 0 Å². The fourth-order valence-corrected chi connectivity index (χ4v) is 4.27. The largest absolute Gasteiger partial charge is 0.357 e. The molecule has 0 fully saturated rings. The lowest BCUT2D eigenvalue weighted by molar-refractivity contribution is 0.801. The van der Waals surface area contributed by atoms with E-state index in [2.05, 4.69) is 58.7 Å². The van der Waals surface area contributed by atoms with Gasteiger partial charge in [-0.2, -0.15) is 5.26 Å². The molecule has 0 bridgehead atoms. The zero-order chi connectivity index (χ0) is 18.4. The van der Waals surface area contributed by atoms with Gasteiger partial charge in [0, 0.05) is 13.1 Å². The van der Waals surface area contributed by atoms with Gasteiger partial charge in [-0.15, -0.1) is 0 Å². The molecule has 0 atom stereocenters. The molecule has 0 spiro atoms. The number of para-hydroxylation sites is 2. The van der Waals surface area contributed by atoms with Crippen molar-refractivity contribution in [1.29, 1.82) is 5.26 Å². The van der Waals surface area contributed by atoms with Crippen molar-refractivity contribution in [2.45, 2.75) is 19.8 Å². The molecule has 2 aromatic carbocycles. The number of hydrogen-bond acceptors (Lipinski definition) is 3. The van der Waals surface area contributed by atoms with Crippen LogP contribution in [0.25, 0.3) is 16.7 Å². The Morgan fingerprint density at radius 3 is 2.67 bits per heavy atom. The Balaban J connectivity index is 1.69. The number of rotatable bonds is 3. The highest BCUT2D eigenvalue weighted by Gasteiger charge is 2.28. The van der Waals surface area contributed by atoms with Gasteiger partial charge < -0.3 is 4.90 Å². The molecule has 2 aromatic heterocycles. The summed E-state index contributed by atoms with van der Waals surface area (Å²) in [6.45, 7) is 4.01. The molecule has 4 nitrogen and oxygen atoms in total. The van der Waals surface area contributed by atoms with Gasteiger partial charge in [0.25, 0.3) is 0 Å². The number of imidazole rings is 1. The molecule has 0 radical (unpaired) electrons. The molecule has 0 aliphatic carbocycles. The summed E-state index contributed by atoms with van der Waals surface area (Å²) >= 11 is 0. The first-order valence-corrected chi connectivity index (χ1v) is 9.39. The van der Waals surface area contributed by atoms with E-state index < -0.39 is 0 Å². The average Bonchev–Trinajstić information content (AvgIpc) is 3.29. The molecule has 0 N–H and O–H groups in total. The maximum atomic E-state index is 9.77. The van der Waals surface area contributed by atoms with Gasteiger partial charge in [-0.3, -0.25) is 4.40 Å². The summed E-state index contributed by atoms with van der Waals surface area (Å²) in [6.07, 6.45) is 1.99. The third-order valence-corrected chi connectivity index (χ3v) is 5.65. The Morgan fingerprint density at radius 2 is 1.85 bits per heavy atom. The van der Waals surface area contributed by atoms with E-state index in [9.17, 15) is 5.26 Å². The van der Waals surface area contributed by atoms with E-state index in [1.807, 2.05) is 18.2 Å². The molecule has 0 saturated carbocycles. The second-order valence-corrected chi connectivity index (χ2v) is 7.15. The molecule has 0 amide bonds. The van der Waals surface area contributed by atoms with E-state index in [4.69, 9.17) is 4.98 Å². The predicted molar refractivity (Wildman–Crippen MR) is 108 cm³/mol. The smallest absolute Gasteiger partial charge is 0.157 e. The van der Waals surface area contributed by atoms with Crippen LogP contribution in [-0.2, 0) is 12.8 Å². The van der Waals surface area contributed by atoms with Gasteiger partial charge >= 0.3 is 0 Å². The summed E-state index contributed by atoms with van der Waals surface area (Å²) < 4.78 is 2.20. The van der Waals surface area contributed by atoms with Crippen LogP contribution < -0.4 is 4.90 Å². The van der Waals surface area contributed by atoms with Gasteiger partial charge in [0.1, 0.15) is 11.9 Å². The average molecular weight is 352 g/mol. The van der Waals surface area contributed by atoms with Crippen LogP contribution in [0.3, 0.4) is 0 Å². The van der Waals surface area contributed by atoms with Crippen molar-refractivity contribution in [1.82, 2.24) is 9.38 Å². The fraction of sp³-hybridized carbons (Fsp3) is 0.217. The lowest BCUT2D eigenvalue weighted by atomic mass is 10.0. The van der Waals surface area contributed by atoms with Crippen molar-refractivity contribution in [3.63, 3.8) is 0 Å². The van der Waals surface area contributed by atoms with Crippen molar-refractivity contribution >= 4 is 22.5 Å². The van der Waals surface area contributed by atoms with Crippen LogP contribution in [0.15, 0.2) is 54.6 Å². The molecular formula is C23H20N4. The van der Waals surface area contributed by atoms with Gasteiger partial charge in [-0.1, -0.05) is 42.5 Å². The highest BCUT2D eigenvalue weighted by molar-refractivity contribution is 5.86. The van der Waals surface area contributed by atoms with Crippen molar-refractivity contribution < 1.29 is 0 Å². The number of hydrogen-bond donors (Lipinski definition) is 0. The Hall–Kier alpha value is -3.32. The number of aromatic nitrogens is 2. The molecule has 5 rings (SSSR count). The number of nitriles is 1. The molecule has 132 valence electrons. The second-order valence-electron chi connectivity index (χ2n) is 7.15. The van der Waals surface area contributed by atoms with Crippen LogP contribution in [0.4, 0.5) is 5.82 Å². The Morgan fingerprint density at radius 1 is 1.07 bits per heavy atom. The lowest BCUT2D eigenvalue weighted by Crippen LogP contribution is -2.25. The zero-order valence-corrected chi connectivity index (χ0v) is 15.3. The minimum Gasteiger partial charge on any atom is -0.357 e. The third kappa shape index (κ3) is 2.39. The Bertz CT molecular complexity index is 1200. The number of pyridine rings is 1. The number of benzene rings is 2. The zero-order valence-electron chi connectivity index (χ0n) is 15.3. The summed E-state index contributed by atoms with van der Waals surface area (Å²) in [7, 11) is 0. The quantitative estimate of drug-likeness (QED) is 0.553. The van der Waals surface area contributed by atoms with Crippen LogP contribution in [-0.4, -0.2) is 22.5 Å². The highest BCUT2D eigenvalue weighted by atomic mass is 15.3. The van der Waals surface area contributed by atoms with Crippen LogP contribution in [0.1, 0.15) is 22.3 Å². The molecule has 0 saturated heterocycles. The van der Waals surface area contributed by atoms with Gasteiger partial charge in [-0.05, 0) is 48.6 Å². The lowest BCUT2D eigenvalue weighted by Gasteiger charge is -2.22. The standard InChI is InChI=1S/C23H20N4/c1-16-18-12-14-26(13-11-17-7-3-2-4-8-17)23(18)27-21-10-6-5-9-20(21)25-22(27)19(16)15-24/h2-10H,11-14H2,1H3. The van der Waals surface area contributed by atoms with Crippen LogP contribution >= 0.6 is 0 Å². The highest BCUT2D eigenvalue weighted by Crippen LogP contribution is 2.36. The summed E-state index contributed by atoms with van der Waals surface area (Å²) in [4.78, 5) is 7.25. The van der Waals surface area contributed by atoms with E-state index in [-0.39, 0.29) is 0 Å². The number of fused-ring (bicyclic) bond motifs is 5. The van der Waals surface area contributed by atoms with Crippen molar-refractivity contribution in [3.8, 4) is 6.07 Å². The SMILES string of the molecule is Cc1c2c(n3c(nc4ccccc43)c1C#N)N(CCc1ccccc1)CC2. The van der Waals surface area contributed by atoms with Crippen molar-refractivity contribution in [2.24, 2.45) is 0 Å². The summed E-state index contributed by atoms with van der Waals surface area (Å²) in [5.41, 5.74) is 7.22. The molecule has 0 unspecified atom stereocenters. The molecule has 27 heavy (non-hydrogen) atoms. The summed E-state index contributed by atoms with van der Waals surface area (Å²) in [5, 5.41) is 9.77. The summed E-state index contributed by atoms with van der Waals surface area (Å²) in [6, 6.07) is 21.2. The topological polar surface area (TPSA) is 44.3 Å². The van der Waals surface area contributed by atoms with Crippen LogP contribution in [0, 0.1) is 18.3 Å². The van der Waals surface area contributed by atoms with E-state index in [0.29, 0.717) is 5.56 Å². The molecule has 4 aromatic rings. The van der Waals surface area contributed by atoms with Gasteiger partial charge in [-0.25, -0.2) is 4.98 Å². The van der Waals surface area contributed by atoms with Gasteiger partial charge in [0.2, 0.25) is 0 Å². The Labute approximate surface area is 158 Å². The third-order valence-electron chi connectivity index (χ3n) is 5.65. The second kappa shape index (κ2) is 6.14.